The lowest BCUT2D eigenvalue weighted by Crippen LogP contribution is -2.27. The topological polar surface area (TPSA) is 126 Å². The summed E-state index contributed by atoms with van der Waals surface area (Å²) in [7, 11) is 0. The van der Waals surface area contributed by atoms with E-state index in [1.165, 1.54) is 4.88 Å². The third-order valence-corrected chi connectivity index (χ3v) is 8.20. The Hall–Kier alpha value is -2.67. The molecule has 1 aromatic carbocycles. The molecule has 0 saturated carbocycles. The summed E-state index contributed by atoms with van der Waals surface area (Å²) in [4.78, 5) is 19.4. The summed E-state index contributed by atoms with van der Waals surface area (Å²) in [6.45, 7) is 10.6. The Balaban J connectivity index is 1.33. The highest BCUT2D eigenvalue weighted by molar-refractivity contribution is 7.15. The van der Waals surface area contributed by atoms with Crippen LogP contribution in [0, 0.1) is 20.8 Å². The molecule has 12 heteroatoms. The third-order valence-electron chi connectivity index (χ3n) is 6.76. The molecular formula is C29H39ClN6O4S. The average Bonchev–Trinajstić information content (AvgIpc) is 3.43. The maximum atomic E-state index is 13.0. The molecule has 222 valence electrons. The molecule has 1 amide bonds. The number of aryl methyl sites for hydroxylation is 2. The van der Waals surface area contributed by atoms with E-state index in [1.54, 1.807) is 11.3 Å². The highest BCUT2D eigenvalue weighted by Gasteiger charge is 2.32. The lowest BCUT2D eigenvalue weighted by molar-refractivity contribution is -0.121. The summed E-state index contributed by atoms with van der Waals surface area (Å²) < 4.78 is 18.5. The van der Waals surface area contributed by atoms with Crippen LogP contribution in [-0.2, 0) is 19.0 Å². The summed E-state index contributed by atoms with van der Waals surface area (Å²) in [6, 6.07) is 7.16. The minimum Gasteiger partial charge on any atom is -0.379 e. The number of aromatic nitrogens is 3. The van der Waals surface area contributed by atoms with E-state index in [-0.39, 0.29) is 12.3 Å². The largest absolute Gasteiger partial charge is 0.379 e. The summed E-state index contributed by atoms with van der Waals surface area (Å²) >= 11 is 7.87. The number of nitrogens with one attached hydrogen (secondary N) is 1. The van der Waals surface area contributed by atoms with Crippen molar-refractivity contribution in [3.8, 4) is 5.00 Å². The predicted octanol–water partition coefficient (Wildman–Crippen LogP) is 4.09. The van der Waals surface area contributed by atoms with E-state index in [1.807, 2.05) is 35.8 Å². The quantitative estimate of drug-likeness (QED) is 0.236. The summed E-state index contributed by atoms with van der Waals surface area (Å²) in [6.07, 6.45) is 1.71. The van der Waals surface area contributed by atoms with Crippen LogP contribution in [0.2, 0.25) is 5.02 Å². The Morgan fingerprint density at radius 1 is 1.00 bits per heavy atom. The van der Waals surface area contributed by atoms with Crippen LogP contribution in [-0.4, -0.2) is 79.1 Å². The number of ether oxygens (including phenoxy) is 3. The molecule has 0 radical (unpaired) electrons. The molecule has 0 aliphatic carbocycles. The van der Waals surface area contributed by atoms with Gasteiger partial charge in [-0.05, 0) is 57.9 Å². The van der Waals surface area contributed by atoms with E-state index in [0.717, 1.165) is 39.6 Å². The van der Waals surface area contributed by atoms with Crippen LogP contribution in [0.4, 0.5) is 0 Å². The van der Waals surface area contributed by atoms with Gasteiger partial charge in [-0.2, -0.15) is 0 Å². The first-order chi connectivity index (χ1) is 19.9. The molecule has 3 heterocycles. The van der Waals surface area contributed by atoms with Crippen molar-refractivity contribution in [3.63, 3.8) is 0 Å². The average molecular weight is 603 g/mol. The van der Waals surface area contributed by atoms with Gasteiger partial charge in [0.2, 0.25) is 5.91 Å². The van der Waals surface area contributed by atoms with Gasteiger partial charge in [-0.1, -0.05) is 23.7 Å². The van der Waals surface area contributed by atoms with Crippen molar-refractivity contribution < 1.29 is 19.0 Å². The minimum absolute atomic E-state index is 0.0995. The fraction of sp³-hybridized carbons (Fsp3) is 0.517. The number of aliphatic imine (C=N–C) groups is 1. The molecule has 0 bridgehead atoms. The van der Waals surface area contributed by atoms with Crippen LogP contribution in [0.1, 0.15) is 58.5 Å². The zero-order chi connectivity index (χ0) is 29.2. The Bertz CT molecular complexity index is 1320. The molecule has 3 N–H and O–H groups in total. The standard InChI is InChI=1S/C29H39ClN6O4S/c1-19-20(2)41-29-26(19)27(22-6-8-23(30)9-7-22)33-24(28-35-34-21(3)36(28)29)18-25(37)32-11-5-13-39-15-17-40-16-14-38-12-4-10-31/h6-9,24H,4-5,10-18,31H2,1-3H3,(H,32,37). The van der Waals surface area contributed by atoms with Gasteiger partial charge in [-0.3, -0.25) is 14.4 Å². The fourth-order valence-corrected chi connectivity index (χ4v) is 5.85. The smallest absolute Gasteiger partial charge is 0.222 e. The first-order valence-electron chi connectivity index (χ1n) is 14.0. The number of fused-ring (bicyclic) bond motifs is 3. The molecule has 0 fully saturated rings. The van der Waals surface area contributed by atoms with Crippen molar-refractivity contribution in [2.75, 3.05) is 52.7 Å². The van der Waals surface area contributed by atoms with Gasteiger partial charge in [-0.25, -0.2) is 0 Å². The van der Waals surface area contributed by atoms with E-state index in [0.29, 0.717) is 70.0 Å². The van der Waals surface area contributed by atoms with E-state index in [4.69, 9.17) is 36.5 Å². The molecule has 0 saturated heterocycles. The number of nitrogens with zero attached hydrogens (tertiary/aromatic N) is 4. The van der Waals surface area contributed by atoms with E-state index >= 15 is 0 Å². The molecule has 0 spiro atoms. The fourth-order valence-electron chi connectivity index (χ4n) is 4.51. The zero-order valence-electron chi connectivity index (χ0n) is 24.0. The number of amides is 1. The first-order valence-corrected chi connectivity index (χ1v) is 15.2. The van der Waals surface area contributed by atoms with Gasteiger partial charge in [0.05, 0.1) is 38.6 Å². The number of hydrogen-bond donors (Lipinski definition) is 2. The lowest BCUT2D eigenvalue weighted by atomic mass is 9.99. The second kappa shape index (κ2) is 15.5. The predicted molar refractivity (Wildman–Crippen MR) is 162 cm³/mol. The molecule has 10 nitrogen and oxygen atoms in total. The summed E-state index contributed by atoms with van der Waals surface area (Å²) in [5.74, 6) is 1.33. The number of benzene rings is 1. The highest BCUT2D eigenvalue weighted by atomic mass is 35.5. The van der Waals surface area contributed by atoms with Crippen molar-refractivity contribution in [1.82, 2.24) is 20.1 Å². The number of rotatable bonds is 16. The second-order valence-electron chi connectivity index (χ2n) is 9.79. The van der Waals surface area contributed by atoms with Crippen LogP contribution in [0.25, 0.3) is 5.00 Å². The molecule has 1 atom stereocenters. The zero-order valence-corrected chi connectivity index (χ0v) is 25.5. The van der Waals surface area contributed by atoms with Crippen molar-refractivity contribution >= 4 is 34.6 Å². The van der Waals surface area contributed by atoms with Gasteiger partial charge < -0.3 is 25.3 Å². The summed E-state index contributed by atoms with van der Waals surface area (Å²) in [5, 5.41) is 13.5. The highest BCUT2D eigenvalue weighted by Crippen LogP contribution is 2.39. The number of halogens is 1. The van der Waals surface area contributed by atoms with Gasteiger partial charge in [0.1, 0.15) is 16.9 Å². The van der Waals surface area contributed by atoms with Crippen LogP contribution in [0.15, 0.2) is 29.3 Å². The van der Waals surface area contributed by atoms with Crippen molar-refractivity contribution in [2.24, 2.45) is 10.7 Å². The summed E-state index contributed by atoms with van der Waals surface area (Å²) in [5.41, 5.74) is 9.40. The Kier molecular flexibility index (Phi) is 11.8. The molecular weight excluding hydrogens is 564 g/mol. The SMILES string of the molecule is Cc1sc2c(c1C)C(c1ccc(Cl)cc1)=NC(CC(=O)NCCCOCCOCCOCCCN)c1nnc(C)n1-2. The Morgan fingerprint density at radius 2 is 1.66 bits per heavy atom. The van der Waals surface area contributed by atoms with Gasteiger partial charge in [0, 0.05) is 40.8 Å². The second-order valence-corrected chi connectivity index (χ2v) is 11.4. The van der Waals surface area contributed by atoms with Crippen LogP contribution < -0.4 is 11.1 Å². The number of carbonyl (C=O) groups is 1. The third kappa shape index (κ3) is 8.21. The molecule has 41 heavy (non-hydrogen) atoms. The molecule has 4 rings (SSSR count). The molecule has 1 aliphatic heterocycles. The number of carbonyl (C=O) groups excluding carboxylic acids is 1. The van der Waals surface area contributed by atoms with Crippen molar-refractivity contribution in [1.29, 1.82) is 0 Å². The number of thiophene rings is 1. The Labute approximate surface area is 250 Å². The minimum atomic E-state index is -0.492. The van der Waals surface area contributed by atoms with Crippen molar-refractivity contribution in [2.45, 2.75) is 46.1 Å². The van der Waals surface area contributed by atoms with Gasteiger partial charge in [0.15, 0.2) is 5.82 Å². The van der Waals surface area contributed by atoms with Gasteiger partial charge >= 0.3 is 0 Å². The van der Waals surface area contributed by atoms with Gasteiger partial charge in [0.25, 0.3) is 0 Å². The van der Waals surface area contributed by atoms with Crippen LogP contribution in [0.3, 0.4) is 0 Å². The normalized spacial score (nSPS) is 14.4. The van der Waals surface area contributed by atoms with Crippen LogP contribution >= 0.6 is 22.9 Å². The van der Waals surface area contributed by atoms with Crippen molar-refractivity contribution in [3.05, 3.63) is 62.5 Å². The van der Waals surface area contributed by atoms with Gasteiger partial charge in [-0.15, -0.1) is 21.5 Å². The van der Waals surface area contributed by atoms with E-state index in [9.17, 15) is 4.79 Å². The monoisotopic (exact) mass is 602 g/mol. The van der Waals surface area contributed by atoms with E-state index < -0.39 is 6.04 Å². The molecule has 1 aliphatic rings. The maximum Gasteiger partial charge on any atom is 0.222 e. The number of hydrogen-bond acceptors (Lipinski definition) is 9. The first kappa shape index (κ1) is 31.3. The van der Waals surface area contributed by atoms with E-state index in [2.05, 4.69) is 29.4 Å². The molecule has 2 aromatic heterocycles. The maximum absolute atomic E-state index is 13.0. The molecule has 1 unspecified atom stereocenters. The van der Waals surface area contributed by atoms with Crippen LogP contribution in [0.5, 0.6) is 0 Å². The lowest BCUT2D eigenvalue weighted by Gasteiger charge is -2.13. The number of nitrogens with two attached hydrogens (primary N) is 1. The Morgan fingerprint density at radius 3 is 2.34 bits per heavy atom. The molecule has 3 aromatic rings.